The fraction of sp³-hybridized carbons (Fsp3) is 0.986. The van der Waals surface area contributed by atoms with Gasteiger partial charge in [0.2, 0.25) is 5.91 Å². The molecule has 4 atom stereocenters. The van der Waals surface area contributed by atoms with Gasteiger partial charge in [-0.3, -0.25) is 4.79 Å². The number of carbonyl (C=O) groups is 1. The molecule has 0 aliphatic heterocycles. The van der Waals surface area contributed by atoms with Crippen LogP contribution in [0.25, 0.3) is 0 Å². The molecular weight excluding hydrogens is 959 g/mol. The molecule has 6 nitrogen and oxygen atoms in total. The van der Waals surface area contributed by atoms with Crippen molar-refractivity contribution in [1.29, 1.82) is 0 Å². The van der Waals surface area contributed by atoms with Gasteiger partial charge in [-0.25, -0.2) is 0 Å². The molecule has 0 aromatic heterocycles. The molecule has 0 fully saturated rings. The Balaban J connectivity index is 3.47. The minimum atomic E-state index is -1.26. The molecule has 0 radical (unpaired) electrons. The van der Waals surface area contributed by atoms with Gasteiger partial charge in [0.05, 0.1) is 18.8 Å². The number of rotatable bonds is 69. The number of hydrogen-bond acceptors (Lipinski definition) is 5. The molecule has 0 aliphatic rings. The van der Waals surface area contributed by atoms with Crippen LogP contribution in [0.4, 0.5) is 0 Å². The molecule has 0 aromatic rings. The van der Waals surface area contributed by atoms with E-state index in [0.29, 0.717) is 12.8 Å². The maximum atomic E-state index is 12.7. The summed E-state index contributed by atoms with van der Waals surface area (Å²) in [6, 6.07) is -0.982. The van der Waals surface area contributed by atoms with E-state index in [1.807, 2.05) is 0 Å². The van der Waals surface area contributed by atoms with Crippen molar-refractivity contribution in [3.8, 4) is 0 Å². The summed E-state index contributed by atoms with van der Waals surface area (Å²) in [5.41, 5.74) is 0. The van der Waals surface area contributed by atoms with E-state index in [0.717, 1.165) is 38.5 Å². The molecule has 0 aliphatic carbocycles. The van der Waals surface area contributed by atoms with Crippen LogP contribution in [0, 0.1) is 0 Å². The van der Waals surface area contributed by atoms with E-state index in [4.69, 9.17) is 0 Å². The third-order valence-corrected chi connectivity index (χ3v) is 17.8. The average molecular weight is 1100 g/mol. The minimum Gasteiger partial charge on any atom is -0.394 e. The first-order chi connectivity index (χ1) is 38.5. The van der Waals surface area contributed by atoms with Crippen molar-refractivity contribution >= 4 is 5.91 Å². The summed E-state index contributed by atoms with van der Waals surface area (Å²) < 4.78 is 0. The zero-order chi connectivity index (χ0) is 56.6. The molecule has 0 aromatic carbocycles. The third-order valence-electron chi connectivity index (χ3n) is 17.8. The van der Waals surface area contributed by atoms with Gasteiger partial charge < -0.3 is 25.7 Å². The summed E-state index contributed by atoms with van der Waals surface area (Å²) in [5, 5.41) is 44.3. The van der Waals surface area contributed by atoms with E-state index in [1.165, 1.54) is 360 Å². The summed E-state index contributed by atoms with van der Waals surface area (Å²) in [7, 11) is 0. The van der Waals surface area contributed by atoms with Gasteiger partial charge in [0.1, 0.15) is 12.2 Å². The zero-order valence-electron chi connectivity index (χ0n) is 53.5. The first-order valence-electron chi connectivity index (χ1n) is 36.4. The molecule has 0 spiro atoms. The fourth-order valence-electron chi connectivity index (χ4n) is 12.2. The Hall–Kier alpha value is -0.690. The standard InChI is InChI=1S/C72H145NO5/c1-3-5-7-9-11-13-15-17-19-21-23-25-27-29-30-31-32-33-34-35-36-37-38-39-40-41-42-44-46-48-50-52-54-56-58-60-62-64-66-70(76)72(78)73-68(67-74)71(77)69(75)65-63-61-59-57-55-53-51-49-47-45-43-28-26-24-22-20-18-16-14-12-10-8-6-4-2/h68-71,74-77H,3-67H2,1-2H3,(H,73,78). The van der Waals surface area contributed by atoms with Crippen LogP contribution in [-0.4, -0.2) is 57.3 Å². The predicted octanol–water partition coefficient (Wildman–Crippen LogP) is 22.6. The second-order valence-corrected chi connectivity index (χ2v) is 25.7. The summed E-state index contributed by atoms with van der Waals surface area (Å²) >= 11 is 0. The van der Waals surface area contributed by atoms with Crippen LogP contribution < -0.4 is 5.32 Å². The second kappa shape index (κ2) is 67.1. The van der Waals surface area contributed by atoms with Crippen LogP contribution in [0.5, 0.6) is 0 Å². The summed E-state index contributed by atoms with van der Waals surface area (Å²) in [6.07, 6.45) is 82.5. The third kappa shape index (κ3) is 59.9. The fourth-order valence-corrected chi connectivity index (χ4v) is 12.2. The van der Waals surface area contributed by atoms with Gasteiger partial charge in [-0.1, -0.05) is 412 Å². The topological polar surface area (TPSA) is 110 Å². The maximum Gasteiger partial charge on any atom is 0.249 e. The van der Waals surface area contributed by atoms with E-state index in [9.17, 15) is 25.2 Å². The molecule has 6 heteroatoms. The van der Waals surface area contributed by atoms with Gasteiger partial charge in [-0.15, -0.1) is 0 Å². The Morgan fingerprint density at radius 1 is 0.269 bits per heavy atom. The highest BCUT2D eigenvalue weighted by Gasteiger charge is 2.28. The highest BCUT2D eigenvalue weighted by atomic mass is 16.3. The van der Waals surface area contributed by atoms with Crippen molar-refractivity contribution < 1.29 is 25.2 Å². The van der Waals surface area contributed by atoms with E-state index in [2.05, 4.69) is 19.2 Å². The van der Waals surface area contributed by atoms with Crippen molar-refractivity contribution in [3.63, 3.8) is 0 Å². The largest absolute Gasteiger partial charge is 0.394 e. The van der Waals surface area contributed by atoms with Gasteiger partial charge in [-0.2, -0.15) is 0 Å². The maximum absolute atomic E-state index is 12.7. The Labute approximate surface area is 490 Å². The first-order valence-corrected chi connectivity index (χ1v) is 36.4. The lowest BCUT2D eigenvalue weighted by Gasteiger charge is -2.27. The highest BCUT2D eigenvalue weighted by Crippen LogP contribution is 2.21. The zero-order valence-corrected chi connectivity index (χ0v) is 53.5. The molecule has 5 N–H and O–H groups in total. The van der Waals surface area contributed by atoms with Gasteiger partial charge >= 0.3 is 0 Å². The van der Waals surface area contributed by atoms with E-state index in [1.54, 1.807) is 0 Å². The van der Waals surface area contributed by atoms with Crippen LogP contribution in [0.3, 0.4) is 0 Å². The number of aliphatic hydroxyl groups is 4. The van der Waals surface area contributed by atoms with Gasteiger partial charge in [0.15, 0.2) is 0 Å². The van der Waals surface area contributed by atoms with Crippen molar-refractivity contribution in [2.45, 2.75) is 449 Å². The Morgan fingerprint density at radius 2 is 0.436 bits per heavy atom. The quantitative estimate of drug-likeness (QED) is 0.0390. The van der Waals surface area contributed by atoms with Crippen molar-refractivity contribution in [3.05, 3.63) is 0 Å². The molecule has 0 rings (SSSR count). The summed E-state index contributed by atoms with van der Waals surface area (Å²) in [5.74, 6) is -0.573. The normalized spacial score (nSPS) is 13.4. The summed E-state index contributed by atoms with van der Waals surface area (Å²) in [4.78, 5) is 12.7. The number of carbonyl (C=O) groups excluding carboxylic acids is 1. The van der Waals surface area contributed by atoms with Crippen molar-refractivity contribution in [1.82, 2.24) is 5.32 Å². The van der Waals surface area contributed by atoms with Crippen LogP contribution in [0.15, 0.2) is 0 Å². The Morgan fingerprint density at radius 3 is 0.615 bits per heavy atom. The van der Waals surface area contributed by atoms with Gasteiger partial charge in [0, 0.05) is 0 Å². The monoisotopic (exact) mass is 1100 g/mol. The average Bonchev–Trinajstić information content (AvgIpc) is 3.45. The Bertz CT molecular complexity index is 1100. The van der Waals surface area contributed by atoms with E-state index >= 15 is 0 Å². The smallest absolute Gasteiger partial charge is 0.249 e. The van der Waals surface area contributed by atoms with Crippen LogP contribution >= 0.6 is 0 Å². The number of unbranched alkanes of at least 4 members (excludes halogenated alkanes) is 60. The molecule has 0 bridgehead atoms. The molecule has 1 amide bonds. The van der Waals surface area contributed by atoms with Crippen LogP contribution in [-0.2, 0) is 4.79 Å². The molecule has 468 valence electrons. The first kappa shape index (κ1) is 77.3. The molecule has 4 unspecified atom stereocenters. The van der Waals surface area contributed by atoms with Gasteiger partial charge in [-0.05, 0) is 12.8 Å². The SMILES string of the molecule is CCCCCCCCCCCCCCCCCCCCCCCCCCCCCCCCCCCCCCCCC(O)C(=O)NC(CO)C(O)C(O)CCCCCCCCCCCCCCCCCCCCCCCCCC. The van der Waals surface area contributed by atoms with E-state index < -0.39 is 36.9 Å². The highest BCUT2D eigenvalue weighted by molar-refractivity contribution is 5.80. The van der Waals surface area contributed by atoms with E-state index in [-0.39, 0.29) is 0 Å². The molecule has 0 saturated carbocycles. The Kier molecular flexibility index (Phi) is 66.5. The number of amides is 1. The lowest BCUT2D eigenvalue weighted by molar-refractivity contribution is -0.132. The molecule has 0 heterocycles. The predicted molar refractivity (Wildman–Crippen MR) is 344 cm³/mol. The lowest BCUT2D eigenvalue weighted by Crippen LogP contribution is -2.53. The van der Waals surface area contributed by atoms with Crippen molar-refractivity contribution in [2.75, 3.05) is 6.61 Å². The molecular formula is C72H145NO5. The number of aliphatic hydroxyl groups excluding tert-OH is 4. The lowest BCUT2D eigenvalue weighted by atomic mass is 9.99. The van der Waals surface area contributed by atoms with Gasteiger partial charge in [0.25, 0.3) is 0 Å². The molecule has 78 heavy (non-hydrogen) atoms. The number of hydrogen-bond donors (Lipinski definition) is 5. The second-order valence-electron chi connectivity index (χ2n) is 25.7. The number of nitrogens with one attached hydrogen (secondary N) is 1. The minimum absolute atomic E-state index is 0.377. The molecule has 0 saturated heterocycles. The van der Waals surface area contributed by atoms with Crippen LogP contribution in [0.1, 0.15) is 425 Å². The summed E-state index contributed by atoms with van der Waals surface area (Å²) in [6.45, 7) is 4.12. The van der Waals surface area contributed by atoms with Crippen LogP contribution in [0.2, 0.25) is 0 Å². The van der Waals surface area contributed by atoms with Crippen molar-refractivity contribution in [2.24, 2.45) is 0 Å².